The molecule has 8 heteroatoms. The summed E-state index contributed by atoms with van der Waals surface area (Å²) in [6, 6.07) is 13.2. The van der Waals surface area contributed by atoms with Crippen molar-refractivity contribution in [1.29, 1.82) is 0 Å². The molecule has 0 saturated heterocycles. The molecule has 0 aliphatic rings. The number of carbonyl (C=O) groups is 1. The molecule has 2 heterocycles. The monoisotopic (exact) mass is 369 g/mol. The minimum Gasteiger partial charge on any atom is -0.296 e. The largest absolute Gasteiger partial charge is 0.296 e. The molecule has 0 radical (unpaired) electrons. The molecule has 0 aliphatic heterocycles. The van der Waals surface area contributed by atoms with Crippen molar-refractivity contribution in [2.45, 2.75) is 6.92 Å². The highest BCUT2D eigenvalue weighted by atomic mass is 35.5. The topological polar surface area (TPSA) is 72.7 Å². The summed E-state index contributed by atoms with van der Waals surface area (Å²) >= 11 is 7.56. The lowest BCUT2D eigenvalue weighted by atomic mass is 10.2. The number of fused-ring (bicyclic) bond motifs is 1. The van der Waals surface area contributed by atoms with Gasteiger partial charge in [0.1, 0.15) is 0 Å². The molecule has 0 saturated carbocycles. The summed E-state index contributed by atoms with van der Waals surface area (Å²) in [4.78, 5) is 16.9. The number of nitrogens with zero attached hydrogens (tertiary/aromatic N) is 4. The van der Waals surface area contributed by atoms with Gasteiger partial charge in [0.2, 0.25) is 0 Å². The standard InChI is InChI=1S/C17H12ClN5OS/c1-10-5-4-8-14-15(10)19-17(25-14)20-16(24)12-9-23(22-21-12)13-7-3-2-6-11(13)18/h2-9H,1H3,(H,19,20,24). The molecule has 4 aromatic rings. The number of carbonyl (C=O) groups excluding carboxylic acids is 1. The Balaban J connectivity index is 1.59. The van der Waals surface area contributed by atoms with E-state index in [2.05, 4.69) is 20.6 Å². The van der Waals surface area contributed by atoms with Gasteiger partial charge in [-0.1, -0.05) is 52.4 Å². The molecule has 4 rings (SSSR count). The molecule has 0 fully saturated rings. The zero-order valence-electron chi connectivity index (χ0n) is 13.1. The normalized spacial score (nSPS) is 11.0. The van der Waals surface area contributed by atoms with Crippen LogP contribution in [0.2, 0.25) is 5.02 Å². The van der Waals surface area contributed by atoms with Gasteiger partial charge in [-0.2, -0.15) is 0 Å². The summed E-state index contributed by atoms with van der Waals surface area (Å²) in [5, 5.41) is 11.7. The van der Waals surface area contributed by atoms with Gasteiger partial charge in [-0.3, -0.25) is 10.1 Å². The summed E-state index contributed by atoms with van der Waals surface area (Å²) in [6.45, 7) is 1.99. The highest BCUT2D eigenvalue weighted by Gasteiger charge is 2.15. The van der Waals surface area contributed by atoms with Gasteiger partial charge in [0.25, 0.3) is 5.91 Å². The molecule has 2 aromatic heterocycles. The van der Waals surface area contributed by atoms with Crippen LogP contribution < -0.4 is 5.32 Å². The van der Waals surface area contributed by atoms with E-state index in [-0.39, 0.29) is 11.6 Å². The first-order valence-corrected chi connectivity index (χ1v) is 8.66. The van der Waals surface area contributed by atoms with Gasteiger partial charge in [-0.15, -0.1) is 5.10 Å². The molecule has 25 heavy (non-hydrogen) atoms. The number of benzene rings is 2. The highest BCUT2D eigenvalue weighted by molar-refractivity contribution is 7.22. The van der Waals surface area contributed by atoms with Gasteiger partial charge in [0, 0.05) is 0 Å². The van der Waals surface area contributed by atoms with Crippen molar-refractivity contribution in [3.8, 4) is 5.69 Å². The van der Waals surface area contributed by atoms with E-state index in [1.165, 1.54) is 22.2 Å². The lowest BCUT2D eigenvalue weighted by molar-refractivity contribution is 0.102. The predicted octanol–water partition coefficient (Wildman–Crippen LogP) is 4.09. The number of aromatic nitrogens is 4. The number of hydrogen-bond donors (Lipinski definition) is 1. The maximum Gasteiger partial charge on any atom is 0.279 e. The summed E-state index contributed by atoms with van der Waals surface area (Å²) in [5.74, 6) is -0.366. The third kappa shape index (κ3) is 2.99. The van der Waals surface area contributed by atoms with E-state index in [1.807, 2.05) is 37.3 Å². The number of hydrogen-bond acceptors (Lipinski definition) is 5. The quantitative estimate of drug-likeness (QED) is 0.590. The predicted molar refractivity (Wildman–Crippen MR) is 98.7 cm³/mol. The second-order valence-corrected chi connectivity index (χ2v) is 6.83. The summed E-state index contributed by atoms with van der Waals surface area (Å²) in [7, 11) is 0. The van der Waals surface area contributed by atoms with Crippen molar-refractivity contribution < 1.29 is 4.79 Å². The van der Waals surface area contributed by atoms with Crippen LogP contribution in [0.1, 0.15) is 16.1 Å². The number of rotatable bonds is 3. The second kappa shape index (κ2) is 6.27. The van der Waals surface area contributed by atoms with Crippen molar-refractivity contribution in [2.75, 3.05) is 5.32 Å². The Bertz CT molecular complexity index is 1090. The van der Waals surface area contributed by atoms with Gasteiger partial charge in [0.05, 0.1) is 27.1 Å². The van der Waals surface area contributed by atoms with Crippen LogP contribution in [-0.4, -0.2) is 25.9 Å². The molecule has 0 atom stereocenters. The van der Waals surface area contributed by atoms with Crippen LogP contribution in [0, 0.1) is 6.92 Å². The van der Waals surface area contributed by atoms with Crippen LogP contribution in [0.4, 0.5) is 5.13 Å². The fraction of sp³-hybridized carbons (Fsp3) is 0.0588. The Labute approximate surface area is 152 Å². The average Bonchev–Trinajstić information content (AvgIpc) is 3.23. The Morgan fingerprint density at radius 1 is 1.20 bits per heavy atom. The average molecular weight is 370 g/mol. The fourth-order valence-electron chi connectivity index (χ4n) is 2.42. The van der Waals surface area contributed by atoms with Crippen LogP contribution in [-0.2, 0) is 0 Å². The Morgan fingerprint density at radius 2 is 2.04 bits per heavy atom. The fourth-order valence-corrected chi connectivity index (χ4v) is 3.59. The molecule has 124 valence electrons. The van der Waals surface area contributed by atoms with Crippen LogP contribution in [0.5, 0.6) is 0 Å². The maximum absolute atomic E-state index is 12.4. The van der Waals surface area contributed by atoms with E-state index in [0.29, 0.717) is 15.8 Å². The first kappa shape index (κ1) is 15.7. The van der Waals surface area contributed by atoms with E-state index >= 15 is 0 Å². The molecular weight excluding hydrogens is 358 g/mol. The van der Waals surface area contributed by atoms with Crippen LogP contribution in [0.15, 0.2) is 48.7 Å². The van der Waals surface area contributed by atoms with E-state index in [0.717, 1.165) is 15.8 Å². The van der Waals surface area contributed by atoms with Crippen molar-refractivity contribution in [2.24, 2.45) is 0 Å². The lowest BCUT2D eigenvalue weighted by Gasteiger charge is -2.01. The maximum atomic E-state index is 12.4. The minimum absolute atomic E-state index is 0.191. The molecule has 2 aromatic carbocycles. The highest BCUT2D eigenvalue weighted by Crippen LogP contribution is 2.28. The number of nitrogens with one attached hydrogen (secondary N) is 1. The molecule has 6 nitrogen and oxygen atoms in total. The number of halogens is 1. The summed E-state index contributed by atoms with van der Waals surface area (Å²) < 4.78 is 2.50. The Kier molecular flexibility index (Phi) is 3.95. The molecule has 0 bridgehead atoms. The summed E-state index contributed by atoms with van der Waals surface area (Å²) in [6.07, 6.45) is 1.54. The van der Waals surface area contributed by atoms with Gasteiger partial charge < -0.3 is 0 Å². The van der Waals surface area contributed by atoms with Gasteiger partial charge in [0.15, 0.2) is 10.8 Å². The third-order valence-corrected chi connectivity index (χ3v) is 4.92. The SMILES string of the molecule is Cc1cccc2sc(NC(=O)c3cn(-c4ccccc4Cl)nn3)nc12. The van der Waals surface area contributed by atoms with Gasteiger partial charge >= 0.3 is 0 Å². The number of anilines is 1. The van der Waals surface area contributed by atoms with Crippen molar-refractivity contribution in [3.05, 3.63) is 64.9 Å². The summed E-state index contributed by atoms with van der Waals surface area (Å²) in [5.41, 5.74) is 2.81. The molecule has 0 spiro atoms. The minimum atomic E-state index is -0.366. The van der Waals surface area contributed by atoms with E-state index in [4.69, 9.17) is 11.6 Å². The first-order valence-electron chi connectivity index (χ1n) is 7.46. The Hall–Kier alpha value is -2.77. The number of para-hydroxylation sites is 2. The van der Waals surface area contributed by atoms with E-state index in [1.54, 1.807) is 12.1 Å². The Morgan fingerprint density at radius 3 is 2.84 bits per heavy atom. The molecule has 0 aliphatic carbocycles. The van der Waals surface area contributed by atoms with Crippen LogP contribution in [0.3, 0.4) is 0 Å². The van der Waals surface area contributed by atoms with Crippen molar-refractivity contribution in [3.63, 3.8) is 0 Å². The zero-order chi connectivity index (χ0) is 17.4. The second-order valence-electron chi connectivity index (χ2n) is 5.39. The molecular formula is C17H12ClN5OS. The van der Waals surface area contributed by atoms with Crippen molar-refractivity contribution in [1.82, 2.24) is 20.0 Å². The van der Waals surface area contributed by atoms with Crippen LogP contribution in [0.25, 0.3) is 15.9 Å². The van der Waals surface area contributed by atoms with E-state index < -0.39 is 0 Å². The van der Waals surface area contributed by atoms with Gasteiger partial charge in [-0.05, 0) is 30.7 Å². The first-order chi connectivity index (χ1) is 12.1. The van der Waals surface area contributed by atoms with Crippen LogP contribution >= 0.6 is 22.9 Å². The van der Waals surface area contributed by atoms with Gasteiger partial charge in [-0.25, -0.2) is 9.67 Å². The number of amides is 1. The number of aryl methyl sites for hydroxylation is 1. The lowest BCUT2D eigenvalue weighted by Crippen LogP contribution is -2.12. The number of thiazole rings is 1. The smallest absolute Gasteiger partial charge is 0.279 e. The molecule has 0 unspecified atom stereocenters. The molecule has 1 amide bonds. The van der Waals surface area contributed by atoms with E-state index in [9.17, 15) is 4.79 Å². The zero-order valence-corrected chi connectivity index (χ0v) is 14.7. The molecule has 1 N–H and O–H groups in total. The third-order valence-electron chi connectivity index (χ3n) is 3.67. The van der Waals surface area contributed by atoms with Crippen molar-refractivity contribution >= 4 is 44.2 Å².